The van der Waals surface area contributed by atoms with E-state index in [-0.39, 0.29) is 4.62 Å². The fourth-order valence-electron chi connectivity index (χ4n) is 1.60. The van der Waals surface area contributed by atoms with E-state index in [9.17, 15) is 14.4 Å². The van der Waals surface area contributed by atoms with E-state index in [1.54, 1.807) is 11.4 Å². The molecule has 17 heavy (non-hydrogen) atoms. The minimum atomic E-state index is -3.92. The smallest absolute Gasteiger partial charge is 0.260 e. The normalized spacial score (nSPS) is 11.4. The quantitative estimate of drug-likeness (QED) is 0.404. The van der Waals surface area contributed by atoms with E-state index >= 15 is 0 Å². The van der Waals surface area contributed by atoms with Gasteiger partial charge in [0.05, 0.1) is 0 Å². The summed E-state index contributed by atoms with van der Waals surface area (Å²) in [6.07, 6.45) is 5.04. The molecule has 0 amide bonds. The molecule has 0 aromatic carbocycles. The highest BCUT2D eigenvalue weighted by Gasteiger charge is 2.31. The Morgan fingerprint density at radius 2 is 1.94 bits per heavy atom. The van der Waals surface area contributed by atoms with Crippen molar-refractivity contribution in [2.75, 3.05) is 0 Å². The molecule has 0 N–H and O–H groups in total. The number of hydrogen-bond donors (Lipinski definition) is 0. The Bertz CT molecular complexity index is 421. The predicted octanol–water partition coefficient (Wildman–Crippen LogP) is 4.22. The maximum absolute atomic E-state index is 11.8. The van der Waals surface area contributed by atoms with Crippen molar-refractivity contribution in [1.82, 2.24) is 0 Å². The van der Waals surface area contributed by atoms with Crippen LogP contribution in [-0.4, -0.2) is 0 Å². The molecule has 0 radical (unpaired) electrons. The lowest BCUT2D eigenvalue weighted by molar-refractivity contribution is 0.583. The molecule has 0 aliphatic rings. The number of unbranched alkanes of at least 4 members (excludes halogenated alkanes) is 3. The molecule has 5 nitrogen and oxygen atoms in total. The number of hydrogen-bond acceptors (Lipinski definition) is 4. The summed E-state index contributed by atoms with van der Waals surface area (Å²) in [5, 5.41) is 1.72. The Balaban J connectivity index is 2.75. The molecule has 0 bridgehead atoms. The van der Waals surface area contributed by atoms with Gasteiger partial charge in [-0.15, -0.1) is 21.2 Å². The third-order valence-electron chi connectivity index (χ3n) is 2.51. The van der Waals surface area contributed by atoms with Crippen molar-refractivity contribution in [1.29, 1.82) is 0 Å². The van der Waals surface area contributed by atoms with E-state index in [1.807, 2.05) is 0 Å². The van der Waals surface area contributed by atoms with Gasteiger partial charge in [-0.25, -0.2) is 0 Å². The number of nitroso groups, excluding NO2 is 2. The van der Waals surface area contributed by atoms with Crippen LogP contribution < -0.4 is 4.62 Å². The highest BCUT2D eigenvalue weighted by atomic mass is 32.1. The number of nitrogens with zero attached hydrogens (tertiary/aromatic N) is 2. The van der Waals surface area contributed by atoms with Gasteiger partial charge in [0.25, 0.3) is 0 Å². The standard InChI is InChI=1S/C10H15N2O3PS/c1-2-3-4-5-6-9-7-8-17-10(9)16(15,11-13)12-14/h7-8H,2-6H2,1H3. The molecule has 0 aliphatic carbocycles. The fraction of sp³-hybridized carbons (Fsp3) is 0.600. The first-order chi connectivity index (χ1) is 8.18. The van der Waals surface area contributed by atoms with Crippen LogP contribution in [0.5, 0.6) is 0 Å². The zero-order valence-corrected chi connectivity index (χ0v) is 11.4. The van der Waals surface area contributed by atoms with Crippen LogP contribution in [0.3, 0.4) is 0 Å². The molecule has 0 fully saturated rings. The summed E-state index contributed by atoms with van der Waals surface area (Å²) in [5.74, 6) is 0. The Labute approximate surface area is 104 Å². The first-order valence-electron chi connectivity index (χ1n) is 5.54. The molecule has 1 rings (SSSR count). The highest BCUT2D eigenvalue weighted by molar-refractivity contribution is 7.74. The molecule has 0 saturated carbocycles. The number of rotatable bonds is 8. The van der Waals surface area contributed by atoms with Crippen molar-refractivity contribution in [3.05, 3.63) is 26.8 Å². The minimum Gasteiger partial charge on any atom is -0.260 e. The zero-order valence-electron chi connectivity index (χ0n) is 9.66. The van der Waals surface area contributed by atoms with Crippen molar-refractivity contribution in [3.8, 4) is 0 Å². The highest BCUT2D eigenvalue weighted by Crippen LogP contribution is 2.49. The zero-order chi connectivity index (χ0) is 12.7. The Morgan fingerprint density at radius 1 is 1.24 bits per heavy atom. The van der Waals surface area contributed by atoms with Gasteiger partial charge >= 0.3 is 7.44 Å². The molecule has 0 saturated heterocycles. The second-order valence-corrected chi connectivity index (χ2v) is 6.85. The van der Waals surface area contributed by atoms with Gasteiger partial charge in [0.2, 0.25) is 0 Å². The molecule has 0 spiro atoms. The first kappa shape index (κ1) is 14.2. The van der Waals surface area contributed by atoms with Crippen LogP contribution in [-0.2, 0) is 11.0 Å². The fourth-order valence-corrected chi connectivity index (χ4v) is 3.96. The van der Waals surface area contributed by atoms with Crippen LogP contribution >= 0.6 is 18.8 Å². The Hall–Kier alpha value is -0.870. The van der Waals surface area contributed by atoms with Crippen molar-refractivity contribution >= 4 is 23.4 Å². The monoisotopic (exact) mass is 274 g/mol. The van der Waals surface area contributed by atoms with Gasteiger partial charge in [-0.1, -0.05) is 26.2 Å². The SMILES string of the molecule is CCCCCCc1ccsc1P(=O)(N=O)N=O. The van der Waals surface area contributed by atoms with E-state index in [1.165, 1.54) is 0 Å². The molecular weight excluding hydrogens is 259 g/mol. The van der Waals surface area contributed by atoms with E-state index in [2.05, 4.69) is 16.8 Å². The summed E-state index contributed by atoms with van der Waals surface area (Å²) < 4.78 is 12.0. The molecule has 0 atom stereocenters. The summed E-state index contributed by atoms with van der Waals surface area (Å²) >= 11 is 1.12. The summed E-state index contributed by atoms with van der Waals surface area (Å²) in [6, 6.07) is 1.79. The number of thiophene rings is 1. The predicted molar refractivity (Wildman–Crippen MR) is 71.0 cm³/mol. The maximum Gasteiger partial charge on any atom is 0.412 e. The molecule has 1 heterocycles. The molecule has 0 unspecified atom stereocenters. The maximum atomic E-state index is 11.8. The van der Waals surface area contributed by atoms with Crippen molar-refractivity contribution < 1.29 is 4.57 Å². The third-order valence-corrected chi connectivity index (χ3v) is 5.56. The van der Waals surface area contributed by atoms with Crippen molar-refractivity contribution in [2.24, 2.45) is 9.89 Å². The topological polar surface area (TPSA) is 75.9 Å². The van der Waals surface area contributed by atoms with Gasteiger partial charge in [0, 0.05) is 9.89 Å². The lowest BCUT2D eigenvalue weighted by Crippen LogP contribution is -2.02. The van der Waals surface area contributed by atoms with Crippen LogP contribution in [0.1, 0.15) is 38.2 Å². The second kappa shape index (κ2) is 6.77. The van der Waals surface area contributed by atoms with Crippen LogP contribution in [0.25, 0.3) is 0 Å². The third kappa shape index (κ3) is 3.54. The molecule has 1 aromatic heterocycles. The van der Waals surface area contributed by atoms with Crippen LogP contribution in [0.4, 0.5) is 0 Å². The Morgan fingerprint density at radius 3 is 2.53 bits per heavy atom. The van der Waals surface area contributed by atoms with Crippen molar-refractivity contribution in [3.63, 3.8) is 0 Å². The van der Waals surface area contributed by atoms with E-state index in [4.69, 9.17) is 0 Å². The molecule has 0 aliphatic heterocycles. The first-order valence-corrected chi connectivity index (χ1v) is 8.04. The van der Waals surface area contributed by atoms with E-state index in [0.29, 0.717) is 6.42 Å². The molecule has 1 aromatic rings. The summed E-state index contributed by atoms with van der Waals surface area (Å²) in [4.78, 5) is 25.8. The van der Waals surface area contributed by atoms with Gasteiger partial charge in [-0.2, -0.15) is 0 Å². The average molecular weight is 274 g/mol. The second-order valence-electron chi connectivity index (χ2n) is 3.77. The molecule has 7 heteroatoms. The van der Waals surface area contributed by atoms with Crippen LogP contribution in [0.15, 0.2) is 21.3 Å². The van der Waals surface area contributed by atoms with Crippen LogP contribution in [0, 0.1) is 9.81 Å². The average Bonchev–Trinajstić information content (AvgIpc) is 2.82. The Kier molecular flexibility index (Phi) is 5.65. The van der Waals surface area contributed by atoms with Gasteiger partial charge in [-0.3, -0.25) is 4.57 Å². The van der Waals surface area contributed by atoms with Gasteiger partial charge < -0.3 is 0 Å². The van der Waals surface area contributed by atoms with E-state index < -0.39 is 7.44 Å². The molecule has 94 valence electrons. The van der Waals surface area contributed by atoms with Crippen LogP contribution in [0.2, 0.25) is 0 Å². The summed E-state index contributed by atoms with van der Waals surface area (Å²) in [7, 11) is -3.92. The summed E-state index contributed by atoms with van der Waals surface area (Å²) in [6.45, 7) is 2.12. The van der Waals surface area contributed by atoms with Gasteiger partial charge in [0.1, 0.15) is 4.62 Å². The van der Waals surface area contributed by atoms with Gasteiger partial charge in [-0.05, 0) is 29.9 Å². The molecular formula is C10H15N2O3PS. The number of aryl methyl sites for hydroxylation is 1. The van der Waals surface area contributed by atoms with E-state index in [0.717, 1.165) is 42.6 Å². The summed E-state index contributed by atoms with van der Waals surface area (Å²) in [5.41, 5.74) is 0.772. The largest absolute Gasteiger partial charge is 0.412 e. The van der Waals surface area contributed by atoms with Gasteiger partial charge in [0.15, 0.2) is 0 Å². The lowest BCUT2D eigenvalue weighted by atomic mass is 10.1. The van der Waals surface area contributed by atoms with Crippen molar-refractivity contribution in [2.45, 2.75) is 39.0 Å². The lowest BCUT2D eigenvalue weighted by Gasteiger charge is -2.03. The minimum absolute atomic E-state index is 0.249.